The lowest BCUT2D eigenvalue weighted by atomic mass is 10.3. The van der Waals surface area contributed by atoms with Gasteiger partial charge in [-0.1, -0.05) is 11.6 Å². The molecule has 0 aliphatic heterocycles. The number of H-pyrrole nitrogens is 1. The summed E-state index contributed by atoms with van der Waals surface area (Å²) in [5, 5.41) is 20.5. The van der Waals surface area contributed by atoms with Gasteiger partial charge in [-0.25, -0.2) is 9.95 Å². The number of nitro groups is 1. The fraction of sp³-hybridized carbons (Fsp3) is 0.100. The number of aryl methyl sites for hydroxylation is 1. The van der Waals surface area contributed by atoms with Gasteiger partial charge >= 0.3 is 5.63 Å². The molecule has 0 saturated carbocycles. The number of hydrogen-bond donors (Lipinski definition) is 1. The van der Waals surface area contributed by atoms with Crippen molar-refractivity contribution in [3.8, 4) is 0 Å². The number of nitrogens with one attached hydrogen (secondary N) is 1. The molecule has 0 atom stereocenters. The van der Waals surface area contributed by atoms with E-state index in [-0.39, 0.29) is 22.1 Å². The maximum absolute atomic E-state index is 11.2. The average molecular weight is 283 g/mol. The van der Waals surface area contributed by atoms with E-state index in [1.165, 1.54) is 12.1 Å². The van der Waals surface area contributed by atoms with Crippen molar-refractivity contribution in [2.45, 2.75) is 6.92 Å². The molecule has 2 aromatic rings. The number of aromatic amines is 1. The molecule has 8 nitrogen and oxygen atoms in total. The third-order valence-corrected chi connectivity index (χ3v) is 2.56. The van der Waals surface area contributed by atoms with Crippen molar-refractivity contribution < 1.29 is 9.45 Å². The van der Waals surface area contributed by atoms with E-state index in [9.17, 15) is 14.9 Å². The molecule has 0 spiro atoms. The third kappa shape index (κ3) is 2.68. The van der Waals surface area contributed by atoms with Crippen molar-refractivity contribution in [1.82, 2.24) is 5.16 Å². The fourth-order valence-corrected chi connectivity index (χ4v) is 1.49. The highest BCUT2D eigenvalue weighted by atomic mass is 35.5. The third-order valence-electron chi connectivity index (χ3n) is 2.24. The van der Waals surface area contributed by atoms with Gasteiger partial charge in [-0.2, -0.15) is 0 Å². The van der Waals surface area contributed by atoms with Crippen molar-refractivity contribution in [3.63, 3.8) is 0 Å². The standard InChI is InChI=1S/C10H7ClN4O4/c1-5-9(10(16)19-14-5)13-12-6-2-3-7(11)8(4-6)15(17)18/h2-4,14H,1H3. The average Bonchev–Trinajstić information content (AvgIpc) is 2.68. The first-order chi connectivity index (χ1) is 8.99. The highest BCUT2D eigenvalue weighted by molar-refractivity contribution is 6.32. The molecule has 19 heavy (non-hydrogen) atoms. The SMILES string of the molecule is Cc1[nH]oc(=O)c1N=Nc1ccc(Cl)c([N+](=O)[O-])c1. The number of nitro benzene ring substituents is 1. The van der Waals surface area contributed by atoms with Crippen LogP contribution < -0.4 is 5.63 Å². The van der Waals surface area contributed by atoms with Crippen LogP contribution in [0.25, 0.3) is 0 Å². The summed E-state index contributed by atoms with van der Waals surface area (Å²) in [4.78, 5) is 21.3. The Kier molecular flexibility index (Phi) is 3.43. The molecule has 1 aromatic heterocycles. The maximum atomic E-state index is 11.2. The van der Waals surface area contributed by atoms with E-state index in [0.717, 1.165) is 6.07 Å². The van der Waals surface area contributed by atoms with E-state index in [1.807, 2.05) is 0 Å². The number of aromatic nitrogens is 1. The first-order valence-electron chi connectivity index (χ1n) is 5.03. The molecule has 1 N–H and O–H groups in total. The van der Waals surface area contributed by atoms with E-state index in [2.05, 4.69) is 19.9 Å². The number of hydrogen-bond acceptors (Lipinski definition) is 6. The first-order valence-corrected chi connectivity index (χ1v) is 5.40. The van der Waals surface area contributed by atoms with Gasteiger partial charge in [0.1, 0.15) is 5.02 Å². The Balaban J connectivity index is 2.37. The van der Waals surface area contributed by atoms with Crippen molar-refractivity contribution in [2.24, 2.45) is 10.2 Å². The van der Waals surface area contributed by atoms with Gasteiger partial charge in [0.2, 0.25) is 0 Å². The van der Waals surface area contributed by atoms with Gasteiger partial charge in [0, 0.05) is 6.07 Å². The van der Waals surface area contributed by atoms with E-state index in [1.54, 1.807) is 6.92 Å². The minimum Gasteiger partial charge on any atom is -0.336 e. The van der Waals surface area contributed by atoms with Crippen LogP contribution in [0.4, 0.5) is 17.1 Å². The summed E-state index contributed by atoms with van der Waals surface area (Å²) in [7, 11) is 0. The minimum atomic E-state index is -0.662. The van der Waals surface area contributed by atoms with Crippen molar-refractivity contribution in [2.75, 3.05) is 0 Å². The summed E-state index contributed by atoms with van der Waals surface area (Å²) in [6, 6.07) is 3.94. The summed E-state index contributed by atoms with van der Waals surface area (Å²) in [6.07, 6.45) is 0. The Bertz CT molecular complexity index is 719. The quantitative estimate of drug-likeness (QED) is 0.528. The molecular formula is C10H7ClN4O4. The molecule has 0 bridgehead atoms. The summed E-state index contributed by atoms with van der Waals surface area (Å²) >= 11 is 5.66. The van der Waals surface area contributed by atoms with Crippen LogP contribution in [0.2, 0.25) is 5.02 Å². The van der Waals surface area contributed by atoms with Crippen LogP contribution in [0.15, 0.2) is 37.7 Å². The van der Waals surface area contributed by atoms with E-state index < -0.39 is 10.5 Å². The molecule has 0 radical (unpaired) electrons. The predicted octanol–water partition coefficient (Wildman–Crippen LogP) is 3.25. The monoisotopic (exact) mass is 282 g/mol. The molecule has 0 aliphatic carbocycles. The topological polar surface area (TPSA) is 114 Å². The number of halogens is 1. The largest absolute Gasteiger partial charge is 0.384 e. The maximum Gasteiger partial charge on any atom is 0.384 e. The zero-order valence-corrected chi connectivity index (χ0v) is 10.3. The van der Waals surface area contributed by atoms with Crippen LogP contribution in [-0.4, -0.2) is 10.1 Å². The molecule has 0 amide bonds. The van der Waals surface area contributed by atoms with Gasteiger partial charge < -0.3 is 4.52 Å². The number of benzene rings is 1. The number of rotatable bonds is 3. The zero-order chi connectivity index (χ0) is 14.0. The van der Waals surface area contributed by atoms with Crippen molar-refractivity contribution in [3.05, 3.63) is 49.5 Å². The fourth-order valence-electron chi connectivity index (χ4n) is 1.30. The lowest BCUT2D eigenvalue weighted by Crippen LogP contribution is -1.90. The van der Waals surface area contributed by atoms with E-state index in [0.29, 0.717) is 5.69 Å². The lowest BCUT2D eigenvalue weighted by molar-refractivity contribution is -0.384. The lowest BCUT2D eigenvalue weighted by Gasteiger charge is -1.95. The second-order valence-electron chi connectivity index (χ2n) is 3.56. The van der Waals surface area contributed by atoms with Gasteiger partial charge in [0.25, 0.3) is 5.69 Å². The van der Waals surface area contributed by atoms with E-state index >= 15 is 0 Å². The van der Waals surface area contributed by atoms with Gasteiger partial charge in [0.15, 0.2) is 5.69 Å². The molecule has 0 fully saturated rings. The Morgan fingerprint density at radius 2 is 2.16 bits per heavy atom. The normalized spacial score (nSPS) is 11.1. The van der Waals surface area contributed by atoms with Gasteiger partial charge in [-0.15, -0.1) is 10.2 Å². The zero-order valence-electron chi connectivity index (χ0n) is 9.58. The molecule has 1 heterocycles. The van der Waals surface area contributed by atoms with Crippen LogP contribution in [0.1, 0.15) is 5.69 Å². The van der Waals surface area contributed by atoms with Gasteiger partial charge in [-0.3, -0.25) is 10.1 Å². The Morgan fingerprint density at radius 1 is 1.42 bits per heavy atom. The first kappa shape index (κ1) is 13.0. The second kappa shape index (κ2) is 5.02. The number of nitrogens with zero attached hydrogens (tertiary/aromatic N) is 3. The van der Waals surface area contributed by atoms with Crippen LogP contribution in [0, 0.1) is 17.0 Å². The van der Waals surface area contributed by atoms with Crippen molar-refractivity contribution in [1.29, 1.82) is 0 Å². The molecule has 98 valence electrons. The van der Waals surface area contributed by atoms with Crippen LogP contribution in [0.3, 0.4) is 0 Å². The second-order valence-corrected chi connectivity index (χ2v) is 3.97. The van der Waals surface area contributed by atoms with Crippen LogP contribution in [0.5, 0.6) is 0 Å². The van der Waals surface area contributed by atoms with Crippen LogP contribution >= 0.6 is 11.6 Å². The molecule has 9 heteroatoms. The molecule has 0 aliphatic rings. The summed E-state index contributed by atoms with van der Waals surface area (Å²) in [5.41, 5.74) is -0.313. The highest BCUT2D eigenvalue weighted by Gasteiger charge is 2.13. The van der Waals surface area contributed by atoms with Crippen LogP contribution in [-0.2, 0) is 0 Å². The summed E-state index contributed by atoms with van der Waals surface area (Å²) in [6.45, 7) is 1.59. The molecular weight excluding hydrogens is 276 g/mol. The molecule has 0 saturated heterocycles. The Hall–Kier alpha value is -2.48. The smallest absolute Gasteiger partial charge is 0.336 e. The molecule has 1 aromatic carbocycles. The molecule has 0 unspecified atom stereocenters. The number of azo groups is 1. The Labute approximate surface area is 110 Å². The van der Waals surface area contributed by atoms with E-state index in [4.69, 9.17) is 11.6 Å². The van der Waals surface area contributed by atoms with Gasteiger partial charge in [0.05, 0.1) is 16.3 Å². The minimum absolute atomic E-state index is 0.00119. The van der Waals surface area contributed by atoms with Crippen molar-refractivity contribution >= 4 is 28.7 Å². The Morgan fingerprint density at radius 3 is 2.74 bits per heavy atom. The summed E-state index contributed by atoms with van der Waals surface area (Å²) < 4.78 is 4.50. The predicted molar refractivity (Wildman–Crippen MR) is 66.3 cm³/mol. The molecule has 2 rings (SSSR count). The van der Waals surface area contributed by atoms with Gasteiger partial charge in [-0.05, 0) is 19.1 Å². The highest BCUT2D eigenvalue weighted by Crippen LogP contribution is 2.29. The summed E-state index contributed by atoms with van der Waals surface area (Å²) in [5.74, 6) is 0.